The summed E-state index contributed by atoms with van der Waals surface area (Å²) in [6.45, 7) is 3.44. The van der Waals surface area contributed by atoms with E-state index in [9.17, 15) is 0 Å². The Hall–Kier alpha value is 1.34. The second kappa shape index (κ2) is 20.3. The molecule has 105 valence electrons. The Morgan fingerprint density at radius 1 is 0.450 bits per heavy atom. The minimum atomic E-state index is -0.167. The van der Waals surface area contributed by atoms with Gasteiger partial charge in [0.2, 0.25) is 0 Å². The van der Waals surface area contributed by atoms with Crippen LogP contribution in [0.25, 0.3) is 0 Å². The van der Waals surface area contributed by atoms with Crippen LogP contribution in [0.15, 0.2) is 0 Å². The van der Waals surface area contributed by atoms with E-state index in [0.717, 1.165) is 0 Å². The molecule has 0 saturated heterocycles. The normalized spacial score (nSPS) is 19.8. The first-order valence-corrected chi connectivity index (χ1v) is 6.41. The van der Waals surface area contributed by atoms with Gasteiger partial charge in [-0.05, 0) is 110 Å². The van der Waals surface area contributed by atoms with Crippen molar-refractivity contribution >= 4 is 0 Å². The van der Waals surface area contributed by atoms with Crippen LogP contribution in [0.5, 0.6) is 0 Å². The van der Waals surface area contributed by atoms with E-state index in [1.54, 1.807) is 13.8 Å². The van der Waals surface area contributed by atoms with E-state index in [1.807, 2.05) is 96.3 Å². The van der Waals surface area contributed by atoms with Crippen LogP contribution in [0.2, 0.25) is 0 Å². The Bertz CT molecular complexity index is 98.1. The summed E-state index contributed by atoms with van der Waals surface area (Å²) in [6.07, 6.45) is 29.8. The Balaban J connectivity index is 0. The molecule has 3 saturated carbocycles. The smallest absolute Gasteiger partial charge is 0.0483 e. The van der Waals surface area contributed by atoms with Gasteiger partial charge in [-0.15, -0.1) is 0 Å². The Morgan fingerprint density at radius 3 is 0.550 bits per heavy atom. The van der Waals surface area contributed by atoms with Crippen molar-refractivity contribution < 1.29 is 46.9 Å². The monoisotopic (exact) mass is 395 g/mol. The summed E-state index contributed by atoms with van der Waals surface area (Å²) >= 11 is 0. The molecule has 0 spiro atoms. The zero-order valence-electron chi connectivity index (χ0n) is 12.2. The van der Waals surface area contributed by atoms with Gasteiger partial charge in [0.1, 0.15) is 0 Å². The zero-order chi connectivity index (χ0) is 14.2. The molecule has 3 aliphatic carbocycles. The van der Waals surface area contributed by atoms with Gasteiger partial charge in [-0.3, -0.25) is 0 Å². The van der Waals surface area contributed by atoms with E-state index in [4.69, 9.17) is 5.11 Å². The van der Waals surface area contributed by atoms with Crippen molar-refractivity contribution in [3.05, 3.63) is 96.3 Å². The molecule has 1 N–H and O–H groups in total. The maximum Gasteiger partial charge on any atom is 0.0483 e. The SMILES string of the molecule is CC(C)O.[CH]1[CH][CH][CH][CH]1.[CH]1[CH][CH][CH][CH]1.[CH]1[CH][CH][CH][CH]1.[Ce]. The van der Waals surface area contributed by atoms with Crippen LogP contribution in [0.3, 0.4) is 0 Å². The average molecular weight is 395 g/mol. The standard InChI is InChI=1S/3C5H5.C3H8O.Ce/c3*1-2-4-5-3-1;1-3(2)4;/h3*1-5H;3-4H,1-2H3;. The minimum absolute atomic E-state index is 0. The molecular formula is C18H23CeO. The van der Waals surface area contributed by atoms with E-state index in [1.165, 1.54) is 0 Å². The van der Waals surface area contributed by atoms with Crippen LogP contribution in [0.1, 0.15) is 13.8 Å². The van der Waals surface area contributed by atoms with E-state index in [0.29, 0.717) is 0 Å². The predicted molar refractivity (Wildman–Crippen MR) is 81.9 cm³/mol. The fourth-order valence-electron chi connectivity index (χ4n) is 0.962. The third-order valence-corrected chi connectivity index (χ3v) is 1.67. The topological polar surface area (TPSA) is 20.2 Å². The summed E-state index contributed by atoms with van der Waals surface area (Å²) in [5.74, 6) is 0. The van der Waals surface area contributed by atoms with Gasteiger partial charge >= 0.3 is 0 Å². The molecule has 0 unspecified atom stereocenters. The van der Waals surface area contributed by atoms with Crippen molar-refractivity contribution in [2.75, 3.05) is 0 Å². The van der Waals surface area contributed by atoms with Gasteiger partial charge in [0.25, 0.3) is 0 Å². The summed E-state index contributed by atoms with van der Waals surface area (Å²) in [5, 5.41) is 8.06. The van der Waals surface area contributed by atoms with Crippen molar-refractivity contribution in [3.63, 3.8) is 0 Å². The molecule has 0 aromatic rings. The van der Waals surface area contributed by atoms with Gasteiger partial charge in [-0.25, -0.2) is 0 Å². The van der Waals surface area contributed by atoms with Gasteiger partial charge in [-0.2, -0.15) is 0 Å². The molecule has 0 heterocycles. The molecule has 3 rings (SSSR count). The van der Waals surface area contributed by atoms with Crippen LogP contribution < -0.4 is 0 Å². The maximum absolute atomic E-state index is 8.06. The van der Waals surface area contributed by atoms with Gasteiger partial charge in [0, 0.05) is 47.9 Å². The molecular weight excluding hydrogens is 372 g/mol. The largest absolute Gasteiger partial charge is 0.394 e. The Kier molecular flexibility index (Phi) is 24.0. The molecule has 0 aromatic carbocycles. The summed E-state index contributed by atoms with van der Waals surface area (Å²) in [4.78, 5) is 0. The Morgan fingerprint density at radius 2 is 0.500 bits per heavy atom. The fraction of sp³-hybridized carbons (Fsp3) is 0.167. The molecule has 0 atom stereocenters. The van der Waals surface area contributed by atoms with E-state index < -0.39 is 0 Å². The van der Waals surface area contributed by atoms with Gasteiger partial charge in [-0.1, -0.05) is 0 Å². The summed E-state index contributed by atoms with van der Waals surface area (Å²) in [6, 6.07) is 0. The predicted octanol–water partition coefficient (Wildman–Crippen LogP) is 3.45. The van der Waals surface area contributed by atoms with Crippen molar-refractivity contribution in [1.82, 2.24) is 0 Å². The van der Waals surface area contributed by atoms with Crippen molar-refractivity contribution in [1.29, 1.82) is 0 Å². The molecule has 0 amide bonds. The molecule has 3 aliphatic rings. The maximum atomic E-state index is 8.06. The van der Waals surface area contributed by atoms with Crippen molar-refractivity contribution in [2.24, 2.45) is 0 Å². The summed E-state index contributed by atoms with van der Waals surface area (Å²) < 4.78 is 0. The van der Waals surface area contributed by atoms with Gasteiger partial charge < -0.3 is 5.11 Å². The quantitative estimate of drug-likeness (QED) is 0.666. The molecule has 3 fully saturated rings. The van der Waals surface area contributed by atoms with Crippen LogP contribution in [-0.4, -0.2) is 11.2 Å². The second-order valence-corrected chi connectivity index (χ2v) is 3.98. The fourth-order valence-corrected chi connectivity index (χ4v) is 0.962. The van der Waals surface area contributed by atoms with Crippen molar-refractivity contribution in [2.45, 2.75) is 20.0 Å². The number of aliphatic hydroxyl groups excluding tert-OH is 1. The van der Waals surface area contributed by atoms with Crippen LogP contribution >= 0.6 is 0 Å². The van der Waals surface area contributed by atoms with Crippen LogP contribution in [0, 0.1) is 138 Å². The van der Waals surface area contributed by atoms with Crippen LogP contribution in [0.4, 0.5) is 0 Å². The third-order valence-electron chi connectivity index (χ3n) is 1.67. The number of hydrogen-bond donors (Lipinski definition) is 1. The summed E-state index contributed by atoms with van der Waals surface area (Å²) in [7, 11) is 0. The number of aliphatic hydroxyl groups is 1. The van der Waals surface area contributed by atoms with E-state index in [2.05, 4.69) is 0 Å². The molecule has 0 aliphatic heterocycles. The van der Waals surface area contributed by atoms with E-state index in [-0.39, 0.29) is 47.9 Å². The van der Waals surface area contributed by atoms with Crippen molar-refractivity contribution in [3.8, 4) is 0 Å². The van der Waals surface area contributed by atoms with Gasteiger partial charge in [0.15, 0.2) is 0 Å². The third kappa shape index (κ3) is 24.4. The average Bonchev–Trinajstić information content (AvgIpc) is 3.18. The molecule has 20 heavy (non-hydrogen) atoms. The molecule has 2 heteroatoms. The molecule has 1 nitrogen and oxygen atoms in total. The Labute approximate surface area is 162 Å². The zero-order valence-corrected chi connectivity index (χ0v) is 15.3. The molecule has 15 radical (unpaired) electrons. The second-order valence-electron chi connectivity index (χ2n) is 3.98. The first kappa shape index (κ1) is 23.6. The summed E-state index contributed by atoms with van der Waals surface area (Å²) in [5.41, 5.74) is 0. The molecule has 0 aromatic heterocycles. The molecule has 0 bridgehead atoms. The number of hydrogen-bond acceptors (Lipinski definition) is 1. The minimum Gasteiger partial charge on any atom is -0.394 e. The first-order valence-electron chi connectivity index (χ1n) is 6.41. The van der Waals surface area contributed by atoms with Crippen LogP contribution in [-0.2, 0) is 0 Å². The number of rotatable bonds is 0. The van der Waals surface area contributed by atoms with E-state index >= 15 is 0 Å². The van der Waals surface area contributed by atoms with Gasteiger partial charge in [0.05, 0.1) is 0 Å². The first-order chi connectivity index (χ1) is 9.23.